The molecule has 3 heterocycles. The minimum absolute atomic E-state index is 0.0131. The predicted molar refractivity (Wildman–Crippen MR) is 105 cm³/mol. The number of nitrogens with one attached hydrogen (secondary N) is 1. The Morgan fingerprint density at radius 3 is 2.75 bits per heavy atom. The van der Waals surface area contributed by atoms with Crippen LogP contribution < -0.4 is 14.8 Å². The Morgan fingerprint density at radius 1 is 1.14 bits per heavy atom. The van der Waals surface area contributed by atoms with Crippen LogP contribution in [0.4, 0.5) is 4.79 Å². The Hall–Kier alpha value is -2.80. The lowest BCUT2D eigenvalue weighted by molar-refractivity contribution is 0.133. The highest BCUT2D eigenvalue weighted by molar-refractivity contribution is 5.74. The van der Waals surface area contributed by atoms with Crippen LogP contribution in [0.25, 0.3) is 0 Å². The number of benzene rings is 1. The van der Waals surface area contributed by atoms with Crippen molar-refractivity contribution in [1.29, 1.82) is 0 Å². The van der Waals surface area contributed by atoms with E-state index in [1.165, 1.54) is 5.56 Å². The first kappa shape index (κ1) is 18.6. The van der Waals surface area contributed by atoms with E-state index in [0.717, 1.165) is 56.2 Å². The number of nitrogens with zero attached hydrogens (tertiary/aromatic N) is 3. The molecule has 1 aromatic carbocycles. The van der Waals surface area contributed by atoms with Gasteiger partial charge in [0.1, 0.15) is 0 Å². The highest BCUT2D eigenvalue weighted by atomic mass is 16.7. The number of carbonyl (C=O) groups is 1. The minimum Gasteiger partial charge on any atom is -0.454 e. The number of pyridine rings is 1. The number of urea groups is 1. The van der Waals surface area contributed by atoms with Crippen LogP contribution in [0, 0.1) is 0 Å². The van der Waals surface area contributed by atoms with Gasteiger partial charge < -0.3 is 19.7 Å². The first-order chi connectivity index (χ1) is 13.7. The fourth-order valence-corrected chi connectivity index (χ4v) is 3.63. The molecule has 2 aromatic rings. The van der Waals surface area contributed by atoms with Gasteiger partial charge in [-0.15, -0.1) is 0 Å². The van der Waals surface area contributed by atoms with E-state index in [2.05, 4.69) is 21.3 Å². The number of piperazine rings is 1. The zero-order valence-electron chi connectivity index (χ0n) is 16.1. The monoisotopic (exact) mass is 382 g/mol. The lowest BCUT2D eigenvalue weighted by Crippen LogP contribution is -2.53. The summed E-state index contributed by atoms with van der Waals surface area (Å²) >= 11 is 0. The Labute approximate surface area is 165 Å². The summed E-state index contributed by atoms with van der Waals surface area (Å²) in [5, 5.41) is 3.10. The first-order valence-corrected chi connectivity index (χ1v) is 9.72. The second kappa shape index (κ2) is 8.48. The molecule has 1 fully saturated rings. The SMILES string of the molecule is CC(Cc1cccnc1)NC(=O)N1CCN(Cc2ccc3c(c2)OCO3)CC1. The molecule has 28 heavy (non-hydrogen) atoms. The van der Waals surface area contributed by atoms with E-state index in [4.69, 9.17) is 9.47 Å². The second-order valence-electron chi connectivity index (χ2n) is 7.37. The van der Waals surface area contributed by atoms with Crippen LogP contribution in [-0.2, 0) is 13.0 Å². The normalized spacial score (nSPS) is 17.4. The third kappa shape index (κ3) is 4.54. The summed E-state index contributed by atoms with van der Waals surface area (Å²) in [6, 6.07) is 10.1. The van der Waals surface area contributed by atoms with E-state index in [-0.39, 0.29) is 12.1 Å². The summed E-state index contributed by atoms with van der Waals surface area (Å²) in [4.78, 5) is 20.9. The van der Waals surface area contributed by atoms with Gasteiger partial charge in [0, 0.05) is 51.2 Å². The molecule has 148 valence electrons. The van der Waals surface area contributed by atoms with E-state index in [9.17, 15) is 4.79 Å². The molecule has 0 saturated carbocycles. The maximum Gasteiger partial charge on any atom is 0.317 e. The van der Waals surface area contributed by atoms with Gasteiger partial charge in [0.15, 0.2) is 11.5 Å². The van der Waals surface area contributed by atoms with Gasteiger partial charge in [-0.25, -0.2) is 4.79 Å². The summed E-state index contributed by atoms with van der Waals surface area (Å²) in [5.74, 6) is 1.63. The van der Waals surface area contributed by atoms with Crippen molar-refractivity contribution in [3.8, 4) is 11.5 Å². The van der Waals surface area contributed by atoms with Crippen molar-refractivity contribution in [2.75, 3.05) is 33.0 Å². The van der Waals surface area contributed by atoms with Crippen molar-refractivity contribution in [2.45, 2.75) is 25.9 Å². The summed E-state index contributed by atoms with van der Waals surface area (Å²) in [6.07, 6.45) is 4.39. The van der Waals surface area contributed by atoms with E-state index >= 15 is 0 Å². The zero-order valence-corrected chi connectivity index (χ0v) is 16.1. The van der Waals surface area contributed by atoms with Gasteiger partial charge in [0.2, 0.25) is 6.79 Å². The molecule has 2 aliphatic heterocycles. The fraction of sp³-hybridized carbons (Fsp3) is 0.429. The van der Waals surface area contributed by atoms with Gasteiger partial charge >= 0.3 is 6.03 Å². The van der Waals surface area contributed by atoms with Crippen molar-refractivity contribution < 1.29 is 14.3 Å². The molecule has 1 atom stereocenters. The van der Waals surface area contributed by atoms with E-state index in [1.807, 2.05) is 42.3 Å². The topological polar surface area (TPSA) is 66.9 Å². The highest BCUT2D eigenvalue weighted by Gasteiger charge is 2.23. The Bertz CT molecular complexity index is 807. The van der Waals surface area contributed by atoms with E-state index in [0.29, 0.717) is 6.79 Å². The predicted octanol–water partition coefficient (Wildman–Crippen LogP) is 2.27. The number of hydrogen-bond acceptors (Lipinski definition) is 5. The van der Waals surface area contributed by atoms with Gasteiger partial charge in [0.25, 0.3) is 0 Å². The molecule has 0 spiro atoms. The van der Waals surface area contributed by atoms with Crippen molar-refractivity contribution in [2.24, 2.45) is 0 Å². The molecule has 7 heteroatoms. The molecule has 1 saturated heterocycles. The number of amides is 2. The highest BCUT2D eigenvalue weighted by Crippen LogP contribution is 2.32. The van der Waals surface area contributed by atoms with Crippen LogP contribution in [0.5, 0.6) is 11.5 Å². The smallest absolute Gasteiger partial charge is 0.317 e. The number of fused-ring (bicyclic) bond motifs is 1. The molecule has 1 N–H and O–H groups in total. The number of aromatic nitrogens is 1. The van der Waals surface area contributed by atoms with Crippen LogP contribution >= 0.6 is 0 Å². The summed E-state index contributed by atoms with van der Waals surface area (Å²) in [5.41, 5.74) is 2.33. The molecule has 7 nitrogen and oxygen atoms in total. The van der Waals surface area contributed by atoms with Crippen LogP contribution in [-0.4, -0.2) is 59.8 Å². The van der Waals surface area contributed by atoms with E-state index in [1.54, 1.807) is 6.20 Å². The molecule has 0 radical (unpaired) electrons. The maximum atomic E-state index is 12.5. The molecule has 0 aliphatic carbocycles. The lowest BCUT2D eigenvalue weighted by Gasteiger charge is -2.35. The van der Waals surface area contributed by atoms with Crippen LogP contribution in [0.15, 0.2) is 42.7 Å². The fourth-order valence-electron chi connectivity index (χ4n) is 3.63. The van der Waals surface area contributed by atoms with Crippen molar-refractivity contribution in [3.05, 3.63) is 53.9 Å². The summed E-state index contributed by atoms with van der Waals surface area (Å²) < 4.78 is 10.8. The summed E-state index contributed by atoms with van der Waals surface area (Å²) in [6.45, 7) is 6.36. The largest absolute Gasteiger partial charge is 0.454 e. The Kier molecular flexibility index (Phi) is 5.62. The van der Waals surface area contributed by atoms with Gasteiger partial charge in [-0.3, -0.25) is 9.88 Å². The number of carbonyl (C=O) groups excluding carboxylic acids is 1. The average Bonchev–Trinajstić information content (AvgIpc) is 3.17. The average molecular weight is 382 g/mol. The molecule has 0 bridgehead atoms. The maximum absolute atomic E-state index is 12.5. The first-order valence-electron chi connectivity index (χ1n) is 9.72. The number of hydrogen-bond donors (Lipinski definition) is 1. The zero-order chi connectivity index (χ0) is 19.3. The van der Waals surface area contributed by atoms with Crippen LogP contribution in [0.2, 0.25) is 0 Å². The third-order valence-electron chi connectivity index (χ3n) is 5.14. The van der Waals surface area contributed by atoms with Gasteiger partial charge in [-0.2, -0.15) is 0 Å². The Balaban J connectivity index is 1.23. The second-order valence-corrected chi connectivity index (χ2v) is 7.37. The van der Waals surface area contributed by atoms with E-state index < -0.39 is 0 Å². The van der Waals surface area contributed by atoms with Crippen molar-refractivity contribution in [1.82, 2.24) is 20.1 Å². The number of ether oxygens (including phenoxy) is 2. The van der Waals surface area contributed by atoms with Crippen LogP contribution in [0.1, 0.15) is 18.1 Å². The van der Waals surface area contributed by atoms with Gasteiger partial charge in [-0.1, -0.05) is 12.1 Å². The molecule has 1 unspecified atom stereocenters. The Morgan fingerprint density at radius 2 is 1.96 bits per heavy atom. The molecular weight excluding hydrogens is 356 g/mol. The van der Waals surface area contributed by atoms with Crippen molar-refractivity contribution >= 4 is 6.03 Å². The molecular formula is C21H26N4O3. The molecule has 2 amide bonds. The lowest BCUT2D eigenvalue weighted by atomic mass is 10.1. The van der Waals surface area contributed by atoms with Gasteiger partial charge in [-0.05, 0) is 42.7 Å². The quantitative estimate of drug-likeness (QED) is 0.859. The molecule has 2 aliphatic rings. The number of rotatable bonds is 5. The summed E-state index contributed by atoms with van der Waals surface area (Å²) in [7, 11) is 0. The van der Waals surface area contributed by atoms with Crippen LogP contribution in [0.3, 0.4) is 0 Å². The third-order valence-corrected chi connectivity index (χ3v) is 5.14. The minimum atomic E-state index is 0.0131. The van der Waals surface area contributed by atoms with Gasteiger partial charge in [0.05, 0.1) is 0 Å². The molecule has 4 rings (SSSR count). The standard InChI is InChI=1S/C21H26N4O3/c1-16(11-17-3-2-6-22-13-17)23-21(26)25-9-7-24(8-10-25)14-18-4-5-19-20(12-18)28-15-27-19/h2-6,12-13,16H,7-11,14-15H2,1H3,(H,23,26). The molecule has 1 aromatic heterocycles. The van der Waals surface area contributed by atoms with Crippen molar-refractivity contribution in [3.63, 3.8) is 0 Å².